The highest BCUT2D eigenvalue weighted by Gasteiger charge is 2.17. The van der Waals surface area contributed by atoms with E-state index >= 15 is 0 Å². The number of rotatable bonds is 2. The molecule has 5 nitrogen and oxygen atoms in total. The molecule has 1 amide bonds. The molecule has 10 heteroatoms. The third-order valence-corrected chi connectivity index (χ3v) is 2.47. The summed E-state index contributed by atoms with van der Waals surface area (Å²) in [6.07, 6.45) is -1.56. The van der Waals surface area contributed by atoms with Crippen molar-refractivity contribution in [3.63, 3.8) is 0 Å². The van der Waals surface area contributed by atoms with Crippen LogP contribution in [0.15, 0.2) is 16.6 Å². The molecule has 0 fully saturated rings. The Morgan fingerprint density at radius 1 is 1.41 bits per heavy atom. The van der Waals surface area contributed by atoms with Crippen LogP contribution in [0.3, 0.4) is 0 Å². The molecule has 0 heterocycles. The van der Waals surface area contributed by atoms with Crippen molar-refractivity contribution in [2.75, 3.05) is 0 Å². The first kappa shape index (κ1) is 14.1. The zero-order valence-corrected chi connectivity index (χ0v) is 10.9. The molecule has 0 atom stereocenters. The lowest BCUT2D eigenvalue weighted by molar-refractivity contribution is 0.204. The normalized spacial score (nSPS) is 11.1. The van der Waals surface area contributed by atoms with Crippen molar-refractivity contribution in [3.8, 4) is 5.75 Å². The fourth-order valence-electron chi connectivity index (χ4n) is 0.827. The Morgan fingerprint density at radius 2 is 2.00 bits per heavy atom. The van der Waals surface area contributed by atoms with Crippen molar-refractivity contribution in [1.29, 1.82) is 0 Å². The SMILES string of the molecule is O=C(NS(=O)(=O)Cl)Oc1cc(Br)cc(F)c1F. The van der Waals surface area contributed by atoms with Crippen molar-refractivity contribution in [1.82, 2.24) is 4.72 Å². The van der Waals surface area contributed by atoms with E-state index in [1.165, 1.54) is 4.72 Å². The first-order valence-electron chi connectivity index (χ1n) is 3.78. The molecule has 0 aromatic heterocycles. The largest absolute Gasteiger partial charge is 0.427 e. The molecule has 1 aromatic rings. The molecular weight excluding hydrogens is 348 g/mol. The number of nitrogens with one attached hydrogen (secondary N) is 1. The van der Waals surface area contributed by atoms with Crippen molar-refractivity contribution in [2.24, 2.45) is 0 Å². The third-order valence-electron chi connectivity index (χ3n) is 1.37. The van der Waals surface area contributed by atoms with Crippen LogP contribution in [0.2, 0.25) is 0 Å². The number of halogens is 4. The van der Waals surface area contributed by atoms with Crippen molar-refractivity contribution < 1.29 is 26.7 Å². The van der Waals surface area contributed by atoms with Gasteiger partial charge in [-0.25, -0.2) is 13.9 Å². The summed E-state index contributed by atoms with van der Waals surface area (Å²) < 4.78 is 52.3. The number of carbonyl (C=O) groups excluding carboxylic acids is 1. The Balaban J connectivity index is 2.93. The molecule has 0 bridgehead atoms. The van der Waals surface area contributed by atoms with Crippen molar-refractivity contribution >= 4 is 41.9 Å². The van der Waals surface area contributed by atoms with Gasteiger partial charge in [0.2, 0.25) is 5.82 Å². The number of benzene rings is 1. The van der Waals surface area contributed by atoms with Crippen LogP contribution in [-0.2, 0) is 9.24 Å². The van der Waals surface area contributed by atoms with E-state index in [2.05, 4.69) is 31.3 Å². The highest BCUT2D eigenvalue weighted by molar-refractivity contribution is 9.10. The second-order valence-electron chi connectivity index (χ2n) is 2.63. The zero-order chi connectivity index (χ0) is 13.2. The van der Waals surface area contributed by atoms with Gasteiger partial charge in [0.25, 0.3) is 0 Å². The first-order valence-corrected chi connectivity index (χ1v) is 6.88. The number of hydrogen-bond donors (Lipinski definition) is 1. The molecule has 0 saturated heterocycles. The summed E-state index contributed by atoms with van der Waals surface area (Å²) in [5.74, 6) is -3.49. The van der Waals surface area contributed by atoms with Gasteiger partial charge >= 0.3 is 15.3 Å². The van der Waals surface area contributed by atoms with Gasteiger partial charge in [-0.1, -0.05) is 15.9 Å². The highest BCUT2D eigenvalue weighted by atomic mass is 79.9. The fraction of sp³-hybridized carbons (Fsp3) is 0. The van der Waals surface area contributed by atoms with E-state index in [9.17, 15) is 22.0 Å². The van der Waals surface area contributed by atoms with E-state index in [0.717, 1.165) is 12.1 Å². The van der Waals surface area contributed by atoms with Crippen LogP contribution < -0.4 is 9.46 Å². The Morgan fingerprint density at radius 3 is 2.53 bits per heavy atom. The smallest absolute Gasteiger partial charge is 0.406 e. The number of ether oxygens (including phenoxy) is 1. The van der Waals surface area contributed by atoms with Gasteiger partial charge in [0, 0.05) is 15.2 Å². The van der Waals surface area contributed by atoms with Crippen molar-refractivity contribution in [2.45, 2.75) is 0 Å². The van der Waals surface area contributed by atoms with E-state index in [4.69, 9.17) is 0 Å². The predicted octanol–water partition coefficient (Wildman–Crippen LogP) is 2.30. The summed E-state index contributed by atoms with van der Waals surface area (Å²) in [5, 5.41) is 0. The van der Waals surface area contributed by atoms with Gasteiger partial charge in [-0.2, -0.15) is 12.8 Å². The van der Waals surface area contributed by atoms with E-state index in [0.29, 0.717) is 0 Å². The van der Waals surface area contributed by atoms with Crippen LogP contribution in [-0.4, -0.2) is 14.5 Å². The predicted molar refractivity (Wildman–Crippen MR) is 58.0 cm³/mol. The van der Waals surface area contributed by atoms with Gasteiger partial charge in [0.05, 0.1) is 0 Å². The highest BCUT2D eigenvalue weighted by Crippen LogP contribution is 2.25. The molecular formula is C7H3BrClF2NO4S. The van der Waals surface area contributed by atoms with Gasteiger partial charge in [0.1, 0.15) is 0 Å². The fourth-order valence-corrected chi connectivity index (χ4v) is 1.67. The maximum atomic E-state index is 13.1. The maximum Gasteiger partial charge on any atom is 0.427 e. The number of amides is 1. The second kappa shape index (κ2) is 5.15. The minimum atomic E-state index is -4.36. The number of carbonyl (C=O) groups is 1. The quantitative estimate of drug-likeness (QED) is 0.656. The lowest BCUT2D eigenvalue weighted by Gasteiger charge is -2.06. The van der Waals surface area contributed by atoms with Crippen LogP contribution in [0.4, 0.5) is 13.6 Å². The molecule has 0 aliphatic carbocycles. The molecule has 0 radical (unpaired) electrons. The standard InChI is InChI=1S/C7H3BrClF2NO4S/c8-3-1-4(10)6(11)5(2-3)16-7(13)12-17(9,14)15/h1-2H,(H,12,13). The summed E-state index contributed by atoms with van der Waals surface area (Å²) in [5.41, 5.74) is 0. The summed E-state index contributed by atoms with van der Waals surface area (Å²) in [6.45, 7) is 0. The summed E-state index contributed by atoms with van der Waals surface area (Å²) >= 11 is 2.84. The van der Waals surface area contributed by atoms with Crippen LogP contribution in [0.1, 0.15) is 0 Å². The average molecular weight is 351 g/mol. The molecule has 0 unspecified atom stereocenters. The Labute approximate surface area is 107 Å². The lowest BCUT2D eigenvalue weighted by Crippen LogP contribution is -2.29. The molecule has 0 saturated carbocycles. The molecule has 1 N–H and O–H groups in total. The first-order chi connectivity index (χ1) is 7.69. The average Bonchev–Trinajstić information content (AvgIpc) is 2.10. The molecule has 1 rings (SSSR count). The molecule has 1 aromatic carbocycles. The topological polar surface area (TPSA) is 72.5 Å². The van der Waals surface area contributed by atoms with Gasteiger partial charge < -0.3 is 4.74 Å². The second-order valence-corrected chi connectivity index (χ2v) is 5.84. The molecule has 94 valence electrons. The molecule has 17 heavy (non-hydrogen) atoms. The van der Waals surface area contributed by atoms with Gasteiger partial charge in [0.15, 0.2) is 11.6 Å². The van der Waals surface area contributed by atoms with Crippen molar-refractivity contribution in [3.05, 3.63) is 28.2 Å². The van der Waals surface area contributed by atoms with Gasteiger partial charge in [-0.15, -0.1) is 0 Å². The maximum absolute atomic E-state index is 13.1. The monoisotopic (exact) mass is 349 g/mol. The minimum absolute atomic E-state index is 0.105. The Hall–Kier alpha value is -0.930. The summed E-state index contributed by atoms with van der Waals surface area (Å²) in [7, 11) is 0.323. The molecule has 0 aliphatic rings. The van der Waals surface area contributed by atoms with Gasteiger partial charge in [-0.05, 0) is 12.1 Å². The van der Waals surface area contributed by atoms with E-state index in [1.807, 2.05) is 0 Å². The number of hydrogen-bond acceptors (Lipinski definition) is 4. The molecule has 0 spiro atoms. The van der Waals surface area contributed by atoms with Crippen LogP contribution in [0.25, 0.3) is 0 Å². The van der Waals surface area contributed by atoms with Crippen LogP contribution >= 0.6 is 26.6 Å². The summed E-state index contributed by atoms with van der Waals surface area (Å²) in [4.78, 5) is 10.9. The lowest BCUT2D eigenvalue weighted by atomic mass is 10.3. The van der Waals surface area contributed by atoms with Gasteiger partial charge in [-0.3, -0.25) is 0 Å². The van der Waals surface area contributed by atoms with Crippen LogP contribution in [0, 0.1) is 11.6 Å². The van der Waals surface area contributed by atoms with E-state index < -0.39 is 32.7 Å². The molecule has 0 aliphatic heterocycles. The Bertz CT molecular complexity index is 565. The third kappa shape index (κ3) is 4.44. The summed E-state index contributed by atoms with van der Waals surface area (Å²) in [6, 6.07) is 1.75. The Kier molecular flexibility index (Phi) is 4.28. The minimum Gasteiger partial charge on any atom is -0.406 e. The van der Waals surface area contributed by atoms with Crippen LogP contribution in [0.5, 0.6) is 5.75 Å². The van der Waals surface area contributed by atoms with E-state index in [1.54, 1.807) is 0 Å². The van der Waals surface area contributed by atoms with E-state index in [-0.39, 0.29) is 4.47 Å². The zero-order valence-electron chi connectivity index (χ0n) is 7.71.